The fourth-order valence-electron chi connectivity index (χ4n) is 8.88. The number of rotatable bonds is 4. The molecule has 0 aliphatic heterocycles. The SMILES string of the molecule is c1cc(-c2ccc3c(c2)sc2ccccc23)cc(-c2ccc3c4ccc(-c5cccc(-c6ccc7c(c6)sc6ccccc67)c5)cc4c4ccccc4c3c2)c1. The van der Waals surface area contributed by atoms with E-state index in [1.807, 2.05) is 22.7 Å². The van der Waals surface area contributed by atoms with Crippen LogP contribution in [-0.4, -0.2) is 0 Å². The van der Waals surface area contributed by atoms with Crippen LogP contribution in [0.1, 0.15) is 0 Å². The van der Waals surface area contributed by atoms with Gasteiger partial charge in [-0.15, -0.1) is 22.7 Å². The van der Waals surface area contributed by atoms with Crippen LogP contribution in [0.3, 0.4) is 0 Å². The van der Waals surface area contributed by atoms with E-state index in [0.29, 0.717) is 0 Å². The second-order valence-electron chi connectivity index (χ2n) is 14.8. The van der Waals surface area contributed by atoms with Crippen LogP contribution in [0.5, 0.6) is 0 Å². The van der Waals surface area contributed by atoms with E-state index in [2.05, 4.69) is 194 Å². The lowest BCUT2D eigenvalue weighted by atomic mass is 9.89. The molecule has 0 unspecified atom stereocenters. The molecule has 0 aliphatic rings. The van der Waals surface area contributed by atoms with Gasteiger partial charge in [-0.1, -0.05) is 146 Å². The normalized spacial score (nSPS) is 11.9. The number of fused-ring (bicyclic) bond motifs is 12. The zero-order chi connectivity index (χ0) is 36.7. The molecule has 0 amide bonds. The van der Waals surface area contributed by atoms with Gasteiger partial charge in [0.1, 0.15) is 0 Å². The van der Waals surface area contributed by atoms with E-state index in [4.69, 9.17) is 0 Å². The van der Waals surface area contributed by atoms with Crippen LogP contribution in [0.4, 0.5) is 0 Å². The quantitative estimate of drug-likeness (QED) is 0.157. The fourth-order valence-corrected chi connectivity index (χ4v) is 11.2. The zero-order valence-corrected chi connectivity index (χ0v) is 31.9. The second kappa shape index (κ2) is 12.5. The Morgan fingerprint density at radius 2 is 0.482 bits per heavy atom. The molecule has 0 N–H and O–H groups in total. The Labute approximate surface area is 332 Å². The molecule has 2 heterocycles. The van der Waals surface area contributed by atoms with Crippen molar-refractivity contribution in [2.75, 3.05) is 0 Å². The van der Waals surface area contributed by atoms with Crippen molar-refractivity contribution in [3.05, 3.63) is 194 Å². The summed E-state index contributed by atoms with van der Waals surface area (Å²) >= 11 is 3.75. The van der Waals surface area contributed by atoms with Gasteiger partial charge >= 0.3 is 0 Å². The van der Waals surface area contributed by atoms with Gasteiger partial charge in [-0.25, -0.2) is 0 Å². The lowest BCUT2D eigenvalue weighted by molar-refractivity contribution is 1.62. The summed E-state index contributed by atoms with van der Waals surface area (Å²) in [7, 11) is 0. The molecule has 260 valence electrons. The predicted octanol–water partition coefficient (Wildman–Crippen LogP) is 16.5. The Hall–Kier alpha value is -6.58. The molecule has 0 saturated carbocycles. The minimum absolute atomic E-state index is 1.23. The number of hydrogen-bond donors (Lipinski definition) is 0. The van der Waals surface area contributed by atoms with E-state index < -0.39 is 0 Å². The third-order valence-corrected chi connectivity index (χ3v) is 13.9. The van der Waals surface area contributed by atoms with Crippen molar-refractivity contribution in [3.8, 4) is 44.5 Å². The minimum Gasteiger partial charge on any atom is -0.135 e. The molecule has 0 nitrogen and oxygen atoms in total. The molecule has 0 fully saturated rings. The molecule has 56 heavy (non-hydrogen) atoms. The predicted molar refractivity (Wildman–Crippen MR) is 246 cm³/mol. The highest BCUT2D eigenvalue weighted by atomic mass is 32.1. The lowest BCUT2D eigenvalue weighted by Gasteiger charge is -2.14. The minimum atomic E-state index is 1.23. The molecule has 10 aromatic carbocycles. The molecular formula is C54H32S2. The lowest BCUT2D eigenvalue weighted by Crippen LogP contribution is -1.87. The van der Waals surface area contributed by atoms with Crippen LogP contribution in [-0.2, 0) is 0 Å². The van der Waals surface area contributed by atoms with Crippen LogP contribution in [0, 0.1) is 0 Å². The molecule has 0 spiro atoms. The topological polar surface area (TPSA) is 0 Å². The average molecular weight is 745 g/mol. The van der Waals surface area contributed by atoms with Crippen molar-refractivity contribution in [2.24, 2.45) is 0 Å². The van der Waals surface area contributed by atoms with Gasteiger partial charge in [0.2, 0.25) is 0 Å². The third kappa shape index (κ3) is 5.04. The first-order chi connectivity index (χ1) is 27.7. The van der Waals surface area contributed by atoms with E-state index in [1.165, 1.54) is 117 Å². The fraction of sp³-hybridized carbons (Fsp3) is 0. The summed E-state index contributed by atoms with van der Waals surface area (Å²) in [5.74, 6) is 0. The smallest absolute Gasteiger partial charge is 0.0361 e. The van der Waals surface area contributed by atoms with Crippen molar-refractivity contribution in [2.45, 2.75) is 0 Å². The molecular weight excluding hydrogens is 713 g/mol. The summed E-state index contributed by atoms with van der Waals surface area (Å²) in [6.45, 7) is 0. The standard InChI is InChI=1S/C54H32S2/c1-2-14-42-41(13-1)49-29-37(33-9-7-11-35(27-33)39-21-25-47-45-15-3-5-17-51(45)55-53(47)31-39)19-23-43(49)44-24-20-38(30-50(42)44)34-10-8-12-36(28-34)40-22-26-48-46-16-4-6-18-52(46)56-54(48)32-40/h1-32H. The van der Waals surface area contributed by atoms with Crippen LogP contribution in [0.25, 0.3) is 117 Å². The summed E-state index contributed by atoms with van der Waals surface area (Å²) in [5, 5.41) is 13.1. The summed E-state index contributed by atoms with van der Waals surface area (Å²) in [5.41, 5.74) is 9.90. The first-order valence-corrected chi connectivity index (χ1v) is 20.8. The molecule has 0 bridgehead atoms. The zero-order valence-electron chi connectivity index (χ0n) is 30.3. The maximum Gasteiger partial charge on any atom is 0.0361 e. The van der Waals surface area contributed by atoms with E-state index in [9.17, 15) is 0 Å². The Bertz CT molecular complexity index is 3290. The highest BCUT2D eigenvalue weighted by molar-refractivity contribution is 7.26. The van der Waals surface area contributed by atoms with Gasteiger partial charge in [-0.2, -0.15) is 0 Å². The van der Waals surface area contributed by atoms with Gasteiger partial charge < -0.3 is 0 Å². The van der Waals surface area contributed by atoms with Gasteiger partial charge in [0.25, 0.3) is 0 Å². The number of hydrogen-bond acceptors (Lipinski definition) is 2. The van der Waals surface area contributed by atoms with Gasteiger partial charge in [0.15, 0.2) is 0 Å². The van der Waals surface area contributed by atoms with Gasteiger partial charge in [-0.05, 0) is 125 Å². The molecule has 0 atom stereocenters. The van der Waals surface area contributed by atoms with E-state index in [0.717, 1.165) is 0 Å². The van der Waals surface area contributed by atoms with E-state index >= 15 is 0 Å². The van der Waals surface area contributed by atoms with Crippen molar-refractivity contribution in [1.82, 2.24) is 0 Å². The molecule has 0 aliphatic carbocycles. The maximum atomic E-state index is 2.40. The second-order valence-corrected chi connectivity index (χ2v) is 17.0. The molecule has 2 heteroatoms. The van der Waals surface area contributed by atoms with Gasteiger partial charge in [0, 0.05) is 40.3 Å². The summed E-state index contributed by atoms with van der Waals surface area (Å²) in [6, 6.07) is 72.3. The molecule has 12 aromatic rings. The number of thiophene rings is 2. The van der Waals surface area contributed by atoms with Crippen molar-refractivity contribution < 1.29 is 0 Å². The van der Waals surface area contributed by atoms with Crippen molar-refractivity contribution in [3.63, 3.8) is 0 Å². The Morgan fingerprint density at radius 1 is 0.179 bits per heavy atom. The highest BCUT2D eigenvalue weighted by Crippen LogP contribution is 2.42. The van der Waals surface area contributed by atoms with Crippen LogP contribution < -0.4 is 0 Å². The van der Waals surface area contributed by atoms with E-state index in [1.54, 1.807) is 0 Å². The molecule has 0 saturated heterocycles. The van der Waals surface area contributed by atoms with E-state index in [-0.39, 0.29) is 0 Å². The summed E-state index contributed by atoms with van der Waals surface area (Å²) in [4.78, 5) is 0. The monoisotopic (exact) mass is 744 g/mol. The Kier molecular flexibility index (Phi) is 7.07. The van der Waals surface area contributed by atoms with Gasteiger partial charge in [-0.3, -0.25) is 0 Å². The van der Waals surface area contributed by atoms with Crippen molar-refractivity contribution >= 4 is 95.3 Å². The molecule has 2 aromatic heterocycles. The van der Waals surface area contributed by atoms with Gasteiger partial charge in [0.05, 0.1) is 0 Å². The Morgan fingerprint density at radius 3 is 0.911 bits per heavy atom. The van der Waals surface area contributed by atoms with Crippen molar-refractivity contribution in [1.29, 1.82) is 0 Å². The number of benzene rings is 10. The average Bonchev–Trinajstić information content (AvgIpc) is 3.84. The largest absolute Gasteiger partial charge is 0.135 e. The first-order valence-electron chi connectivity index (χ1n) is 19.1. The summed E-state index contributed by atoms with van der Waals surface area (Å²) < 4.78 is 5.34. The Balaban J connectivity index is 0.935. The first kappa shape index (κ1) is 31.7. The third-order valence-electron chi connectivity index (χ3n) is 11.7. The molecule has 12 rings (SSSR count). The van der Waals surface area contributed by atoms with Crippen LogP contribution in [0.15, 0.2) is 194 Å². The van der Waals surface area contributed by atoms with Crippen LogP contribution in [0.2, 0.25) is 0 Å². The summed E-state index contributed by atoms with van der Waals surface area (Å²) in [6.07, 6.45) is 0. The molecule has 0 radical (unpaired) electrons. The highest BCUT2D eigenvalue weighted by Gasteiger charge is 2.14. The van der Waals surface area contributed by atoms with Crippen LogP contribution >= 0.6 is 22.7 Å². The maximum absolute atomic E-state index is 2.40.